The van der Waals surface area contributed by atoms with Crippen molar-refractivity contribution in [3.63, 3.8) is 0 Å². The van der Waals surface area contributed by atoms with E-state index in [1.54, 1.807) is 0 Å². The fourth-order valence-electron chi connectivity index (χ4n) is 1.59. The smallest absolute Gasteiger partial charge is 0.173 e. The van der Waals surface area contributed by atoms with Crippen LogP contribution in [0.25, 0.3) is 0 Å². The molecule has 2 heteroatoms. The predicted molar refractivity (Wildman–Crippen MR) is 50.0 cm³/mol. The van der Waals surface area contributed by atoms with Crippen LogP contribution in [-0.2, 0) is 0 Å². The van der Waals surface area contributed by atoms with Crippen LogP contribution in [0.2, 0.25) is 0 Å². The fraction of sp³-hybridized carbons (Fsp3) is 0.364. The number of Topliss-reactive ketones (excluding diaryl/α,β-unsaturated/α-hetero) is 1. The number of hydrogen-bond donors (Lipinski definition) is 0. The number of carbonyl (C=O) groups excluding carboxylic acids is 1. The van der Waals surface area contributed by atoms with E-state index in [0.29, 0.717) is 6.61 Å². The molecule has 1 aromatic carbocycles. The van der Waals surface area contributed by atoms with Gasteiger partial charge in [-0.15, -0.1) is 0 Å². The molecule has 1 aliphatic rings. The van der Waals surface area contributed by atoms with Gasteiger partial charge in [0.1, 0.15) is 5.75 Å². The first kappa shape index (κ1) is 8.30. The molecule has 1 aliphatic heterocycles. The highest BCUT2D eigenvalue weighted by atomic mass is 16.5. The van der Waals surface area contributed by atoms with Crippen LogP contribution in [-0.4, -0.2) is 12.4 Å². The average Bonchev–Trinajstić information content (AvgIpc) is 2.19. The van der Waals surface area contributed by atoms with Gasteiger partial charge in [0.05, 0.1) is 18.1 Å². The molecule has 0 saturated carbocycles. The molecular formula is C11H12O2. The molecule has 0 fully saturated rings. The molecule has 0 radical (unpaired) electrons. The van der Waals surface area contributed by atoms with Crippen molar-refractivity contribution < 1.29 is 9.53 Å². The van der Waals surface area contributed by atoms with E-state index >= 15 is 0 Å². The Morgan fingerprint density at radius 1 is 1.46 bits per heavy atom. The van der Waals surface area contributed by atoms with Gasteiger partial charge in [-0.2, -0.15) is 0 Å². The van der Waals surface area contributed by atoms with Crippen molar-refractivity contribution in [2.75, 3.05) is 6.61 Å². The van der Waals surface area contributed by atoms with Crippen molar-refractivity contribution in [3.05, 3.63) is 29.8 Å². The van der Waals surface area contributed by atoms with E-state index in [-0.39, 0.29) is 11.7 Å². The molecule has 0 saturated heterocycles. The van der Waals surface area contributed by atoms with Gasteiger partial charge < -0.3 is 4.74 Å². The van der Waals surface area contributed by atoms with Crippen LogP contribution in [0.3, 0.4) is 0 Å². The highest BCUT2D eigenvalue weighted by Crippen LogP contribution is 2.27. The van der Waals surface area contributed by atoms with Crippen molar-refractivity contribution in [3.8, 4) is 5.75 Å². The van der Waals surface area contributed by atoms with E-state index < -0.39 is 0 Å². The number of hydrogen-bond acceptors (Lipinski definition) is 2. The summed E-state index contributed by atoms with van der Waals surface area (Å²) in [4.78, 5) is 11.8. The summed E-state index contributed by atoms with van der Waals surface area (Å²) >= 11 is 0. The highest BCUT2D eigenvalue weighted by Gasteiger charge is 2.26. The summed E-state index contributed by atoms with van der Waals surface area (Å²) < 4.78 is 5.48. The zero-order valence-electron chi connectivity index (χ0n) is 7.62. The first-order chi connectivity index (χ1) is 6.33. The van der Waals surface area contributed by atoms with Gasteiger partial charge in [-0.3, -0.25) is 4.79 Å². The number of benzene rings is 1. The van der Waals surface area contributed by atoms with Crippen LogP contribution < -0.4 is 4.74 Å². The van der Waals surface area contributed by atoms with E-state index in [9.17, 15) is 4.79 Å². The van der Waals surface area contributed by atoms with E-state index in [1.807, 2.05) is 31.2 Å². The summed E-state index contributed by atoms with van der Waals surface area (Å²) in [6.45, 7) is 2.55. The van der Waals surface area contributed by atoms with Gasteiger partial charge in [0.2, 0.25) is 0 Å². The fourth-order valence-corrected chi connectivity index (χ4v) is 1.59. The molecule has 0 spiro atoms. The lowest BCUT2D eigenvalue weighted by Crippen LogP contribution is -2.26. The Morgan fingerprint density at radius 2 is 2.23 bits per heavy atom. The highest BCUT2D eigenvalue weighted by molar-refractivity contribution is 6.01. The number of fused-ring (bicyclic) bond motifs is 1. The zero-order chi connectivity index (χ0) is 9.26. The first-order valence-corrected chi connectivity index (χ1v) is 4.59. The maximum atomic E-state index is 11.8. The van der Waals surface area contributed by atoms with Crippen LogP contribution in [0, 0.1) is 5.92 Å². The van der Waals surface area contributed by atoms with Crippen molar-refractivity contribution in [2.45, 2.75) is 13.3 Å². The summed E-state index contributed by atoms with van der Waals surface area (Å²) in [6.07, 6.45) is 0.854. The minimum absolute atomic E-state index is 0.0508. The van der Waals surface area contributed by atoms with Crippen molar-refractivity contribution in [2.24, 2.45) is 5.92 Å². The Hall–Kier alpha value is -1.31. The Bertz CT molecular complexity index is 331. The summed E-state index contributed by atoms with van der Waals surface area (Å²) in [5.74, 6) is 1.01. The van der Waals surface area contributed by atoms with E-state index in [0.717, 1.165) is 17.7 Å². The zero-order valence-corrected chi connectivity index (χ0v) is 7.62. The number of para-hydroxylation sites is 1. The van der Waals surface area contributed by atoms with Crippen LogP contribution in [0.1, 0.15) is 23.7 Å². The molecule has 1 unspecified atom stereocenters. The summed E-state index contributed by atoms with van der Waals surface area (Å²) in [5.41, 5.74) is 0.737. The van der Waals surface area contributed by atoms with Crippen molar-refractivity contribution >= 4 is 5.78 Å². The lowest BCUT2D eigenvalue weighted by molar-refractivity contribution is 0.0826. The number of ketones is 1. The molecule has 1 atom stereocenters. The molecule has 13 heavy (non-hydrogen) atoms. The second-order valence-corrected chi connectivity index (χ2v) is 3.28. The van der Waals surface area contributed by atoms with Gasteiger partial charge >= 0.3 is 0 Å². The Kier molecular flexibility index (Phi) is 2.05. The molecule has 0 bridgehead atoms. The molecule has 68 valence electrons. The third-order valence-corrected chi connectivity index (χ3v) is 2.46. The average molecular weight is 176 g/mol. The minimum Gasteiger partial charge on any atom is -0.492 e. The lowest BCUT2D eigenvalue weighted by Gasteiger charge is -2.22. The molecule has 0 N–H and O–H groups in total. The lowest BCUT2D eigenvalue weighted by atomic mass is 9.93. The van der Waals surface area contributed by atoms with Crippen molar-refractivity contribution in [1.82, 2.24) is 0 Å². The molecule has 0 aliphatic carbocycles. The monoisotopic (exact) mass is 176 g/mol. The molecule has 2 rings (SSSR count). The molecular weight excluding hydrogens is 164 g/mol. The molecule has 1 heterocycles. The number of rotatable bonds is 1. The maximum absolute atomic E-state index is 11.8. The van der Waals surface area contributed by atoms with Gasteiger partial charge in [-0.25, -0.2) is 0 Å². The normalized spacial score (nSPS) is 20.7. The van der Waals surface area contributed by atoms with Gasteiger partial charge in [-0.05, 0) is 18.6 Å². The molecule has 0 aromatic heterocycles. The maximum Gasteiger partial charge on any atom is 0.173 e. The van der Waals surface area contributed by atoms with Crippen LogP contribution in [0.15, 0.2) is 24.3 Å². The van der Waals surface area contributed by atoms with Crippen molar-refractivity contribution in [1.29, 1.82) is 0 Å². The Labute approximate surface area is 77.5 Å². The van der Waals surface area contributed by atoms with E-state index in [4.69, 9.17) is 4.74 Å². The molecule has 1 aromatic rings. The minimum atomic E-state index is 0.0508. The first-order valence-electron chi connectivity index (χ1n) is 4.59. The van der Waals surface area contributed by atoms with Gasteiger partial charge in [-0.1, -0.05) is 19.1 Å². The Morgan fingerprint density at radius 3 is 3.00 bits per heavy atom. The third kappa shape index (κ3) is 1.32. The molecule has 2 nitrogen and oxygen atoms in total. The quantitative estimate of drug-likeness (QED) is 0.656. The van der Waals surface area contributed by atoms with Gasteiger partial charge in [0, 0.05) is 0 Å². The SMILES string of the molecule is CCC1COc2ccccc2C1=O. The number of ether oxygens (including phenoxy) is 1. The topological polar surface area (TPSA) is 26.3 Å². The molecule has 0 amide bonds. The summed E-state index contributed by atoms with van der Waals surface area (Å²) in [7, 11) is 0. The second kappa shape index (κ2) is 3.21. The second-order valence-electron chi connectivity index (χ2n) is 3.28. The number of carbonyl (C=O) groups is 1. The standard InChI is InChI=1S/C11H12O2/c1-2-8-7-13-10-6-4-3-5-9(10)11(8)12/h3-6,8H,2,7H2,1H3. The summed E-state index contributed by atoms with van der Waals surface area (Å²) in [6, 6.07) is 7.44. The third-order valence-electron chi connectivity index (χ3n) is 2.46. The predicted octanol–water partition coefficient (Wildman–Crippen LogP) is 2.29. The van der Waals surface area contributed by atoms with Crippen LogP contribution >= 0.6 is 0 Å². The Balaban J connectivity index is 2.39. The summed E-state index contributed by atoms with van der Waals surface area (Å²) in [5, 5.41) is 0. The van der Waals surface area contributed by atoms with Crippen LogP contribution in [0.5, 0.6) is 5.75 Å². The van der Waals surface area contributed by atoms with Crippen LogP contribution in [0.4, 0.5) is 0 Å². The van der Waals surface area contributed by atoms with E-state index in [2.05, 4.69) is 0 Å². The van der Waals surface area contributed by atoms with E-state index in [1.165, 1.54) is 0 Å². The van der Waals surface area contributed by atoms with Gasteiger partial charge in [0.15, 0.2) is 5.78 Å². The van der Waals surface area contributed by atoms with Gasteiger partial charge in [0.25, 0.3) is 0 Å². The largest absolute Gasteiger partial charge is 0.492 e.